The van der Waals surface area contributed by atoms with Gasteiger partial charge in [-0.2, -0.15) is 0 Å². The summed E-state index contributed by atoms with van der Waals surface area (Å²) in [4.78, 5) is 30.4. The Bertz CT molecular complexity index is 1100. The van der Waals surface area contributed by atoms with Gasteiger partial charge in [0, 0.05) is 28.1 Å². The Morgan fingerprint density at radius 1 is 1.06 bits per heavy atom. The van der Waals surface area contributed by atoms with Crippen LogP contribution in [0, 0.1) is 12.7 Å². The number of amides is 3. The predicted molar refractivity (Wildman–Crippen MR) is 135 cm³/mol. The molecule has 1 heterocycles. The van der Waals surface area contributed by atoms with Crippen LogP contribution in [-0.2, 0) is 17.9 Å². The minimum atomic E-state index is -0.389. The Balaban J connectivity index is 1.75. The molecule has 0 atom stereocenters. The maximum atomic E-state index is 13.3. The lowest BCUT2D eigenvalue weighted by Crippen LogP contribution is -2.44. The van der Waals surface area contributed by atoms with E-state index in [0.717, 1.165) is 20.5 Å². The number of rotatable bonds is 9. The van der Waals surface area contributed by atoms with Crippen LogP contribution in [0.25, 0.3) is 0 Å². The van der Waals surface area contributed by atoms with Crippen molar-refractivity contribution in [2.45, 2.75) is 20.0 Å². The fourth-order valence-electron chi connectivity index (χ4n) is 3.16. The number of urea groups is 1. The molecule has 3 aromatic rings. The maximum Gasteiger partial charge on any atom is 0.322 e. The molecule has 0 aliphatic heterocycles. The molecular weight excluding hydrogens is 505 g/mol. The third-order valence-electron chi connectivity index (χ3n) is 5.00. The summed E-state index contributed by atoms with van der Waals surface area (Å²) >= 11 is 4.95. The number of hydrogen-bond acceptors (Lipinski definition) is 3. The van der Waals surface area contributed by atoms with Crippen LogP contribution < -0.4 is 5.32 Å². The van der Waals surface area contributed by atoms with Gasteiger partial charge >= 0.3 is 6.03 Å². The number of nitrogens with zero attached hydrogens (tertiary/aromatic N) is 2. The first-order valence-corrected chi connectivity index (χ1v) is 12.0. The standard InChI is InChI=1S/C25H25BrFN3O2S/c1-3-13-29(25(32)28-22-10-6-20(26)7-11-22)17-24(31)30(16-23-18(2)12-14-33-23)15-19-4-8-21(27)9-5-19/h3-12,14H,1,13,15-17H2,2H3,(H,28,32). The lowest BCUT2D eigenvalue weighted by atomic mass is 10.2. The summed E-state index contributed by atoms with van der Waals surface area (Å²) in [6.45, 7) is 6.55. The Kier molecular flexibility index (Phi) is 8.79. The van der Waals surface area contributed by atoms with Crippen LogP contribution in [0.4, 0.5) is 14.9 Å². The van der Waals surface area contributed by atoms with Crippen molar-refractivity contribution in [1.82, 2.24) is 9.80 Å². The maximum absolute atomic E-state index is 13.3. The molecule has 0 saturated heterocycles. The van der Waals surface area contributed by atoms with E-state index >= 15 is 0 Å². The quantitative estimate of drug-likeness (QED) is 0.335. The molecule has 0 radical (unpaired) electrons. The summed E-state index contributed by atoms with van der Waals surface area (Å²) < 4.78 is 14.2. The van der Waals surface area contributed by atoms with E-state index in [9.17, 15) is 14.0 Å². The number of nitrogens with one attached hydrogen (secondary N) is 1. The molecule has 2 aromatic carbocycles. The average Bonchev–Trinajstić information content (AvgIpc) is 3.20. The minimum absolute atomic E-state index is 0.111. The molecule has 0 bridgehead atoms. The second-order valence-corrected chi connectivity index (χ2v) is 9.43. The number of halogens is 2. The summed E-state index contributed by atoms with van der Waals surface area (Å²) in [5, 5.41) is 4.80. The van der Waals surface area contributed by atoms with Crippen molar-refractivity contribution in [3.8, 4) is 0 Å². The SMILES string of the molecule is C=CCN(CC(=O)N(Cc1ccc(F)cc1)Cc1sccc1C)C(=O)Nc1ccc(Br)cc1. The largest absolute Gasteiger partial charge is 0.332 e. The lowest BCUT2D eigenvalue weighted by molar-refractivity contribution is -0.132. The highest BCUT2D eigenvalue weighted by Gasteiger charge is 2.22. The normalized spacial score (nSPS) is 10.5. The Morgan fingerprint density at radius 2 is 1.76 bits per heavy atom. The van der Waals surface area contributed by atoms with Crippen LogP contribution in [0.5, 0.6) is 0 Å². The molecule has 0 unspecified atom stereocenters. The van der Waals surface area contributed by atoms with E-state index in [2.05, 4.69) is 27.8 Å². The van der Waals surface area contributed by atoms with Crippen LogP contribution in [0.3, 0.4) is 0 Å². The van der Waals surface area contributed by atoms with Crippen molar-refractivity contribution in [3.63, 3.8) is 0 Å². The highest BCUT2D eigenvalue weighted by Crippen LogP contribution is 2.20. The molecule has 3 rings (SSSR count). The summed E-state index contributed by atoms with van der Waals surface area (Å²) in [6, 6.07) is 14.9. The third-order valence-corrected chi connectivity index (χ3v) is 6.54. The zero-order chi connectivity index (χ0) is 23.8. The molecule has 33 heavy (non-hydrogen) atoms. The van der Waals surface area contributed by atoms with Crippen LogP contribution in [0.1, 0.15) is 16.0 Å². The van der Waals surface area contributed by atoms with E-state index in [0.29, 0.717) is 18.8 Å². The van der Waals surface area contributed by atoms with Crippen molar-refractivity contribution in [2.75, 3.05) is 18.4 Å². The highest BCUT2D eigenvalue weighted by atomic mass is 79.9. The Labute approximate surface area is 205 Å². The summed E-state index contributed by atoms with van der Waals surface area (Å²) in [5.41, 5.74) is 2.54. The van der Waals surface area contributed by atoms with E-state index in [4.69, 9.17) is 0 Å². The second-order valence-electron chi connectivity index (χ2n) is 7.51. The van der Waals surface area contributed by atoms with Gasteiger partial charge in [-0.3, -0.25) is 4.79 Å². The molecular formula is C25H25BrFN3O2S. The van der Waals surface area contributed by atoms with Gasteiger partial charge in [0.25, 0.3) is 0 Å². The third kappa shape index (κ3) is 7.27. The second kappa shape index (κ2) is 11.8. The zero-order valence-corrected chi connectivity index (χ0v) is 20.7. The molecule has 172 valence electrons. The van der Waals surface area contributed by atoms with Gasteiger partial charge in [-0.15, -0.1) is 17.9 Å². The predicted octanol–water partition coefficient (Wildman–Crippen LogP) is 6.21. The first-order chi connectivity index (χ1) is 15.9. The van der Waals surface area contributed by atoms with Gasteiger partial charge in [0.15, 0.2) is 0 Å². The van der Waals surface area contributed by atoms with Gasteiger partial charge in [0.1, 0.15) is 12.4 Å². The van der Waals surface area contributed by atoms with E-state index in [-0.39, 0.29) is 30.8 Å². The summed E-state index contributed by atoms with van der Waals surface area (Å²) in [6.07, 6.45) is 1.59. The fraction of sp³-hybridized carbons (Fsp3) is 0.200. The number of thiophene rings is 1. The number of anilines is 1. The number of aryl methyl sites for hydroxylation is 1. The summed E-state index contributed by atoms with van der Waals surface area (Å²) in [7, 11) is 0. The van der Waals surface area contributed by atoms with Crippen LogP contribution >= 0.6 is 27.3 Å². The molecule has 8 heteroatoms. The lowest BCUT2D eigenvalue weighted by Gasteiger charge is -2.27. The zero-order valence-electron chi connectivity index (χ0n) is 18.3. The van der Waals surface area contributed by atoms with Gasteiger partial charge in [-0.25, -0.2) is 9.18 Å². The van der Waals surface area contributed by atoms with E-state index in [1.54, 1.807) is 46.6 Å². The number of benzene rings is 2. The molecule has 0 spiro atoms. The van der Waals surface area contributed by atoms with Gasteiger partial charge in [0.05, 0.1) is 6.54 Å². The summed E-state index contributed by atoms with van der Waals surface area (Å²) in [5.74, 6) is -0.535. The highest BCUT2D eigenvalue weighted by molar-refractivity contribution is 9.10. The molecule has 3 amide bonds. The smallest absolute Gasteiger partial charge is 0.322 e. The molecule has 1 N–H and O–H groups in total. The molecule has 1 aromatic heterocycles. The van der Waals surface area contributed by atoms with Gasteiger partial charge in [-0.05, 0) is 65.9 Å². The molecule has 5 nitrogen and oxygen atoms in total. The van der Waals surface area contributed by atoms with Crippen LogP contribution in [0.15, 0.2) is 77.1 Å². The number of carbonyl (C=O) groups is 2. The van der Waals surface area contributed by atoms with Gasteiger partial charge in [-0.1, -0.05) is 34.1 Å². The van der Waals surface area contributed by atoms with Gasteiger partial charge in [0.2, 0.25) is 5.91 Å². The van der Waals surface area contributed by atoms with Crippen molar-refractivity contribution in [1.29, 1.82) is 0 Å². The molecule has 0 fully saturated rings. The van der Waals surface area contributed by atoms with Crippen molar-refractivity contribution >= 4 is 44.9 Å². The number of hydrogen-bond donors (Lipinski definition) is 1. The fourth-order valence-corrected chi connectivity index (χ4v) is 4.34. The van der Waals surface area contributed by atoms with E-state index < -0.39 is 0 Å². The molecule has 0 aliphatic rings. The van der Waals surface area contributed by atoms with Crippen LogP contribution in [0.2, 0.25) is 0 Å². The van der Waals surface area contributed by atoms with Gasteiger partial charge < -0.3 is 15.1 Å². The molecule has 0 aliphatic carbocycles. The first-order valence-electron chi connectivity index (χ1n) is 10.3. The Morgan fingerprint density at radius 3 is 2.36 bits per heavy atom. The monoisotopic (exact) mass is 529 g/mol. The first kappa shape index (κ1) is 24.7. The van der Waals surface area contributed by atoms with E-state index in [1.165, 1.54) is 17.0 Å². The van der Waals surface area contributed by atoms with Crippen molar-refractivity contribution in [2.24, 2.45) is 0 Å². The topological polar surface area (TPSA) is 52.7 Å². The number of carbonyl (C=O) groups excluding carboxylic acids is 2. The average molecular weight is 530 g/mol. The van der Waals surface area contributed by atoms with Crippen LogP contribution in [-0.4, -0.2) is 34.8 Å². The van der Waals surface area contributed by atoms with Crippen molar-refractivity contribution < 1.29 is 14.0 Å². The van der Waals surface area contributed by atoms with Crippen molar-refractivity contribution in [3.05, 3.63) is 98.9 Å². The molecule has 0 saturated carbocycles. The van der Waals surface area contributed by atoms with E-state index in [1.807, 2.05) is 30.5 Å². The minimum Gasteiger partial charge on any atom is -0.332 e. The Hall–Kier alpha value is -2.97.